The van der Waals surface area contributed by atoms with Gasteiger partial charge < -0.3 is 16.4 Å². The van der Waals surface area contributed by atoms with Crippen molar-refractivity contribution in [1.29, 1.82) is 0 Å². The van der Waals surface area contributed by atoms with Crippen LogP contribution < -0.4 is 16.4 Å². The Labute approximate surface area is 151 Å². The molecule has 0 bridgehead atoms. The van der Waals surface area contributed by atoms with Crippen molar-refractivity contribution < 1.29 is 18.4 Å². The van der Waals surface area contributed by atoms with Crippen LogP contribution in [0.15, 0.2) is 18.2 Å². The van der Waals surface area contributed by atoms with Crippen molar-refractivity contribution in [3.63, 3.8) is 0 Å². The molecule has 1 heterocycles. The minimum atomic E-state index is -0.750. The fraction of sp³-hybridized carbons (Fsp3) is 0.500. The van der Waals surface area contributed by atoms with Crippen LogP contribution in [-0.2, 0) is 9.59 Å². The van der Waals surface area contributed by atoms with E-state index in [9.17, 15) is 18.4 Å². The highest BCUT2D eigenvalue weighted by molar-refractivity contribution is 5.92. The summed E-state index contributed by atoms with van der Waals surface area (Å²) in [7, 11) is 0. The Morgan fingerprint density at radius 2 is 1.92 bits per heavy atom. The van der Waals surface area contributed by atoms with Crippen molar-refractivity contribution in [3.8, 4) is 0 Å². The Hall–Kier alpha value is -1.77. The van der Waals surface area contributed by atoms with Gasteiger partial charge in [0, 0.05) is 31.4 Å². The van der Waals surface area contributed by atoms with Crippen LogP contribution in [0.1, 0.15) is 12.8 Å². The van der Waals surface area contributed by atoms with Crippen LogP contribution >= 0.6 is 12.4 Å². The number of rotatable bonds is 6. The number of hydrogen-bond acceptors (Lipinski definition) is 4. The standard InChI is InChI=1S/C16H22F2N4O2.ClH/c17-12-6-13(18)8-14(7-12)21-15(23)10-22-5-1-2-11(9-22)16(24)20-4-3-19;/h6-8,11H,1-5,9-10,19H2,(H,20,24)(H,21,23);1H. The van der Waals surface area contributed by atoms with Gasteiger partial charge in [0.1, 0.15) is 11.6 Å². The molecule has 4 N–H and O–H groups in total. The largest absolute Gasteiger partial charge is 0.355 e. The second kappa shape index (κ2) is 10.3. The van der Waals surface area contributed by atoms with Crippen LogP contribution in [0.5, 0.6) is 0 Å². The lowest BCUT2D eigenvalue weighted by Crippen LogP contribution is -2.46. The molecule has 1 fully saturated rings. The lowest BCUT2D eigenvalue weighted by molar-refractivity contribution is -0.127. The third-order valence-electron chi connectivity index (χ3n) is 3.83. The van der Waals surface area contributed by atoms with E-state index in [1.165, 1.54) is 0 Å². The van der Waals surface area contributed by atoms with E-state index >= 15 is 0 Å². The summed E-state index contributed by atoms with van der Waals surface area (Å²) in [6.45, 7) is 2.06. The van der Waals surface area contributed by atoms with E-state index in [0.29, 0.717) is 26.2 Å². The monoisotopic (exact) mass is 376 g/mol. The Balaban J connectivity index is 0.00000312. The summed E-state index contributed by atoms with van der Waals surface area (Å²) in [5, 5.41) is 5.23. The van der Waals surface area contributed by atoms with Crippen molar-refractivity contribution in [2.75, 3.05) is 38.0 Å². The quantitative estimate of drug-likeness (QED) is 0.694. The second-order valence-corrected chi connectivity index (χ2v) is 5.86. The van der Waals surface area contributed by atoms with Gasteiger partial charge in [-0.2, -0.15) is 0 Å². The minimum absolute atomic E-state index is 0. The summed E-state index contributed by atoms with van der Waals surface area (Å²) < 4.78 is 26.2. The summed E-state index contributed by atoms with van der Waals surface area (Å²) in [5.41, 5.74) is 5.44. The molecule has 2 rings (SSSR count). The van der Waals surface area contributed by atoms with Gasteiger partial charge in [0.05, 0.1) is 12.5 Å². The van der Waals surface area contributed by atoms with Gasteiger partial charge in [0.2, 0.25) is 11.8 Å². The Morgan fingerprint density at radius 3 is 2.56 bits per heavy atom. The van der Waals surface area contributed by atoms with E-state index in [2.05, 4.69) is 10.6 Å². The summed E-state index contributed by atoms with van der Waals surface area (Å²) in [6.07, 6.45) is 1.58. The number of nitrogens with zero attached hydrogens (tertiary/aromatic N) is 1. The van der Waals surface area contributed by atoms with Gasteiger partial charge in [-0.25, -0.2) is 8.78 Å². The number of benzene rings is 1. The van der Waals surface area contributed by atoms with Crippen LogP contribution in [0.3, 0.4) is 0 Å². The molecule has 2 amide bonds. The zero-order chi connectivity index (χ0) is 17.5. The molecule has 1 aromatic rings. The molecule has 0 saturated carbocycles. The normalized spacial score (nSPS) is 17.5. The number of likely N-dealkylation sites (tertiary alicyclic amines) is 1. The van der Waals surface area contributed by atoms with E-state index in [1.54, 1.807) is 0 Å². The molecule has 1 unspecified atom stereocenters. The number of halogens is 3. The zero-order valence-corrected chi connectivity index (χ0v) is 14.6. The fourth-order valence-corrected chi connectivity index (χ4v) is 2.78. The predicted molar refractivity (Wildman–Crippen MR) is 93.5 cm³/mol. The van der Waals surface area contributed by atoms with E-state index in [4.69, 9.17) is 5.73 Å². The molecule has 9 heteroatoms. The number of carbonyl (C=O) groups is 2. The lowest BCUT2D eigenvalue weighted by Gasteiger charge is -2.31. The SMILES string of the molecule is Cl.NCCNC(=O)C1CCCN(CC(=O)Nc2cc(F)cc(F)c2)C1. The van der Waals surface area contributed by atoms with E-state index in [-0.39, 0.29) is 42.4 Å². The molecule has 0 spiro atoms. The van der Waals surface area contributed by atoms with Gasteiger partial charge >= 0.3 is 0 Å². The van der Waals surface area contributed by atoms with Gasteiger partial charge in [-0.15, -0.1) is 12.4 Å². The molecule has 1 atom stereocenters. The highest BCUT2D eigenvalue weighted by Gasteiger charge is 2.26. The highest BCUT2D eigenvalue weighted by atomic mass is 35.5. The van der Waals surface area contributed by atoms with Crippen molar-refractivity contribution >= 4 is 29.9 Å². The van der Waals surface area contributed by atoms with E-state index in [1.807, 2.05) is 4.90 Å². The first kappa shape index (κ1) is 21.3. The maximum atomic E-state index is 13.1. The first-order valence-electron chi connectivity index (χ1n) is 7.94. The summed E-state index contributed by atoms with van der Waals surface area (Å²) in [4.78, 5) is 25.9. The Bertz CT molecular complexity index is 583. The Kier molecular flexibility index (Phi) is 8.74. The molecule has 25 heavy (non-hydrogen) atoms. The van der Waals surface area contributed by atoms with Gasteiger partial charge in [0.15, 0.2) is 0 Å². The molecule has 6 nitrogen and oxygen atoms in total. The van der Waals surface area contributed by atoms with Crippen molar-refractivity contribution in [2.45, 2.75) is 12.8 Å². The molecule has 1 saturated heterocycles. The number of amides is 2. The van der Waals surface area contributed by atoms with E-state index < -0.39 is 11.6 Å². The number of nitrogens with two attached hydrogens (primary N) is 1. The highest BCUT2D eigenvalue weighted by Crippen LogP contribution is 2.17. The molecule has 0 aliphatic carbocycles. The van der Waals surface area contributed by atoms with Crippen molar-refractivity contribution in [1.82, 2.24) is 10.2 Å². The molecule has 140 valence electrons. The third kappa shape index (κ3) is 6.93. The fourth-order valence-electron chi connectivity index (χ4n) is 2.78. The van der Waals surface area contributed by atoms with Gasteiger partial charge in [-0.1, -0.05) is 0 Å². The van der Waals surface area contributed by atoms with Gasteiger partial charge in [-0.3, -0.25) is 14.5 Å². The van der Waals surface area contributed by atoms with Crippen LogP contribution in [0.2, 0.25) is 0 Å². The number of anilines is 1. The summed E-state index contributed by atoms with van der Waals surface area (Å²) >= 11 is 0. The molecular weight excluding hydrogens is 354 g/mol. The number of hydrogen-bond donors (Lipinski definition) is 3. The van der Waals surface area contributed by atoms with Crippen molar-refractivity contribution in [2.24, 2.45) is 11.7 Å². The average molecular weight is 377 g/mol. The molecule has 1 aromatic carbocycles. The van der Waals surface area contributed by atoms with Crippen LogP contribution in [0, 0.1) is 17.6 Å². The first-order chi connectivity index (χ1) is 11.5. The minimum Gasteiger partial charge on any atom is -0.355 e. The maximum Gasteiger partial charge on any atom is 0.238 e. The number of nitrogens with one attached hydrogen (secondary N) is 2. The van der Waals surface area contributed by atoms with Crippen LogP contribution in [0.25, 0.3) is 0 Å². The molecule has 1 aliphatic rings. The third-order valence-corrected chi connectivity index (χ3v) is 3.83. The van der Waals surface area contributed by atoms with Crippen LogP contribution in [-0.4, -0.2) is 49.4 Å². The molecule has 0 aromatic heterocycles. The first-order valence-corrected chi connectivity index (χ1v) is 7.94. The summed E-state index contributed by atoms with van der Waals surface area (Å²) in [5.74, 6) is -2.11. The number of piperidine rings is 1. The maximum absolute atomic E-state index is 13.1. The van der Waals surface area contributed by atoms with E-state index in [0.717, 1.165) is 31.0 Å². The van der Waals surface area contributed by atoms with Crippen LogP contribution in [0.4, 0.5) is 14.5 Å². The number of carbonyl (C=O) groups excluding carboxylic acids is 2. The second-order valence-electron chi connectivity index (χ2n) is 5.86. The molecule has 0 radical (unpaired) electrons. The molecule has 1 aliphatic heterocycles. The van der Waals surface area contributed by atoms with Gasteiger partial charge in [0.25, 0.3) is 0 Å². The lowest BCUT2D eigenvalue weighted by atomic mass is 9.97. The summed E-state index contributed by atoms with van der Waals surface area (Å²) in [6, 6.07) is 2.85. The average Bonchev–Trinajstić information content (AvgIpc) is 2.51. The zero-order valence-electron chi connectivity index (χ0n) is 13.8. The smallest absolute Gasteiger partial charge is 0.238 e. The predicted octanol–water partition coefficient (Wildman–Crippen LogP) is 1.11. The topological polar surface area (TPSA) is 87.5 Å². The molecular formula is C16H23ClF2N4O2. The van der Waals surface area contributed by atoms with Crippen molar-refractivity contribution in [3.05, 3.63) is 29.8 Å². The Morgan fingerprint density at radius 1 is 1.24 bits per heavy atom. The van der Waals surface area contributed by atoms with Gasteiger partial charge in [-0.05, 0) is 31.5 Å².